The zero-order valence-electron chi connectivity index (χ0n) is 10.5. The van der Waals surface area contributed by atoms with E-state index < -0.39 is 11.6 Å². The first-order valence-electron chi connectivity index (χ1n) is 5.62. The number of para-hydroxylation sites is 1. The molecule has 1 unspecified atom stereocenters. The summed E-state index contributed by atoms with van der Waals surface area (Å²) >= 11 is 0. The molecule has 1 aromatic carbocycles. The largest absolute Gasteiger partial charge is 0.467 e. The molecule has 0 saturated heterocycles. The van der Waals surface area contributed by atoms with E-state index in [1.54, 1.807) is 0 Å². The summed E-state index contributed by atoms with van der Waals surface area (Å²) in [6.45, 7) is 4.35. The van der Waals surface area contributed by atoms with Gasteiger partial charge < -0.3 is 14.7 Å². The van der Waals surface area contributed by atoms with Crippen LogP contribution < -0.4 is 4.90 Å². The molecule has 0 heterocycles. The van der Waals surface area contributed by atoms with E-state index in [0.29, 0.717) is 6.54 Å². The average molecular weight is 237 g/mol. The maximum Gasteiger partial charge on any atom is 0.339 e. The van der Waals surface area contributed by atoms with E-state index in [9.17, 15) is 9.90 Å². The molecule has 0 aliphatic heterocycles. The fourth-order valence-electron chi connectivity index (χ4n) is 1.68. The van der Waals surface area contributed by atoms with Crippen LogP contribution >= 0.6 is 0 Å². The summed E-state index contributed by atoms with van der Waals surface area (Å²) in [5.41, 5.74) is -0.528. The van der Waals surface area contributed by atoms with E-state index in [1.165, 1.54) is 14.0 Å². The maximum atomic E-state index is 11.4. The molecule has 17 heavy (non-hydrogen) atoms. The molecule has 0 aliphatic carbocycles. The van der Waals surface area contributed by atoms with Gasteiger partial charge in [0.1, 0.15) is 0 Å². The van der Waals surface area contributed by atoms with Crippen LogP contribution in [0.15, 0.2) is 30.3 Å². The van der Waals surface area contributed by atoms with Crippen LogP contribution in [-0.4, -0.2) is 36.9 Å². The highest BCUT2D eigenvalue weighted by atomic mass is 16.5. The molecular formula is C13H19NO3. The quantitative estimate of drug-likeness (QED) is 0.787. The van der Waals surface area contributed by atoms with Crippen molar-refractivity contribution in [3.63, 3.8) is 0 Å². The fourth-order valence-corrected chi connectivity index (χ4v) is 1.68. The zero-order valence-corrected chi connectivity index (χ0v) is 10.5. The number of rotatable bonds is 5. The number of carbonyl (C=O) groups is 1. The topological polar surface area (TPSA) is 49.8 Å². The summed E-state index contributed by atoms with van der Waals surface area (Å²) in [4.78, 5) is 13.3. The third-order valence-electron chi connectivity index (χ3n) is 2.63. The fraction of sp³-hybridized carbons (Fsp3) is 0.462. The molecule has 0 radical (unpaired) electrons. The molecule has 0 spiro atoms. The Morgan fingerprint density at radius 2 is 2.00 bits per heavy atom. The number of methoxy groups -OCH3 is 1. The van der Waals surface area contributed by atoms with Gasteiger partial charge in [-0.1, -0.05) is 18.2 Å². The predicted molar refractivity (Wildman–Crippen MR) is 67.0 cm³/mol. The van der Waals surface area contributed by atoms with Gasteiger partial charge in [0.05, 0.1) is 13.7 Å². The SMILES string of the molecule is CCN(CC(C)(O)C(=O)OC)c1ccccc1. The lowest BCUT2D eigenvalue weighted by molar-refractivity contribution is -0.159. The Bertz CT molecular complexity index is 362. The van der Waals surface area contributed by atoms with E-state index >= 15 is 0 Å². The number of likely N-dealkylation sites (N-methyl/N-ethyl adjacent to an activating group) is 1. The van der Waals surface area contributed by atoms with E-state index in [-0.39, 0.29) is 6.54 Å². The van der Waals surface area contributed by atoms with Crippen LogP contribution in [0.5, 0.6) is 0 Å². The maximum absolute atomic E-state index is 11.4. The van der Waals surface area contributed by atoms with Crippen molar-refractivity contribution in [3.05, 3.63) is 30.3 Å². The smallest absolute Gasteiger partial charge is 0.339 e. The second kappa shape index (κ2) is 5.68. The molecule has 1 aromatic rings. The van der Waals surface area contributed by atoms with Gasteiger partial charge in [-0.25, -0.2) is 4.79 Å². The molecule has 4 nitrogen and oxygen atoms in total. The van der Waals surface area contributed by atoms with Gasteiger partial charge in [-0.2, -0.15) is 0 Å². The molecule has 0 aromatic heterocycles. The van der Waals surface area contributed by atoms with E-state index in [4.69, 9.17) is 0 Å². The number of aliphatic hydroxyl groups is 1. The second-order valence-corrected chi connectivity index (χ2v) is 4.12. The minimum Gasteiger partial charge on any atom is -0.467 e. The van der Waals surface area contributed by atoms with Crippen molar-refractivity contribution >= 4 is 11.7 Å². The van der Waals surface area contributed by atoms with Crippen LogP contribution in [0, 0.1) is 0 Å². The molecule has 4 heteroatoms. The molecule has 0 bridgehead atoms. The van der Waals surface area contributed by atoms with Crippen molar-refractivity contribution < 1.29 is 14.6 Å². The van der Waals surface area contributed by atoms with Crippen LogP contribution in [0.1, 0.15) is 13.8 Å². The van der Waals surface area contributed by atoms with Crippen LogP contribution in [0.25, 0.3) is 0 Å². The first kappa shape index (κ1) is 13.5. The van der Waals surface area contributed by atoms with Gasteiger partial charge in [-0.05, 0) is 26.0 Å². The highest BCUT2D eigenvalue weighted by Gasteiger charge is 2.33. The first-order chi connectivity index (χ1) is 8.01. The second-order valence-electron chi connectivity index (χ2n) is 4.12. The highest BCUT2D eigenvalue weighted by molar-refractivity contribution is 5.79. The van der Waals surface area contributed by atoms with E-state index in [2.05, 4.69) is 4.74 Å². The lowest BCUT2D eigenvalue weighted by atomic mass is 10.1. The number of carbonyl (C=O) groups excluding carboxylic acids is 1. The number of anilines is 1. The lowest BCUT2D eigenvalue weighted by Gasteiger charge is -2.30. The Labute approximate surface area is 102 Å². The summed E-state index contributed by atoms with van der Waals surface area (Å²) in [6, 6.07) is 9.65. The van der Waals surface area contributed by atoms with Gasteiger partial charge in [0.25, 0.3) is 0 Å². The standard InChI is InChI=1S/C13H19NO3/c1-4-14(11-8-6-5-7-9-11)10-13(2,16)12(15)17-3/h5-9,16H,4,10H2,1-3H3. The average Bonchev–Trinajstić information content (AvgIpc) is 2.36. The molecule has 1 N–H and O–H groups in total. The van der Waals surface area contributed by atoms with Crippen LogP contribution in [0.4, 0.5) is 5.69 Å². The molecule has 0 aliphatic rings. The van der Waals surface area contributed by atoms with Crippen LogP contribution in [0.2, 0.25) is 0 Å². The Morgan fingerprint density at radius 3 is 2.47 bits per heavy atom. The van der Waals surface area contributed by atoms with Gasteiger partial charge in [0.15, 0.2) is 5.60 Å². The van der Waals surface area contributed by atoms with E-state index in [1.807, 2.05) is 42.2 Å². The molecule has 0 fully saturated rings. The lowest BCUT2D eigenvalue weighted by Crippen LogP contribution is -2.47. The number of nitrogens with zero attached hydrogens (tertiary/aromatic N) is 1. The van der Waals surface area contributed by atoms with Crippen molar-refractivity contribution in [2.24, 2.45) is 0 Å². The molecular weight excluding hydrogens is 218 g/mol. The number of hydrogen-bond acceptors (Lipinski definition) is 4. The third kappa shape index (κ3) is 3.46. The van der Waals surface area contributed by atoms with Gasteiger partial charge in [0.2, 0.25) is 0 Å². The number of ether oxygens (including phenoxy) is 1. The monoisotopic (exact) mass is 237 g/mol. The minimum absolute atomic E-state index is 0.209. The third-order valence-corrected chi connectivity index (χ3v) is 2.63. The Balaban J connectivity index is 2.81. The minimum atomic E-state index is -1.50. The number of hydrogen-bond donors (Lipinski definition) is 1. The van der Waals surface area contributed by atoms with Crippen LogP contribution in [-0.2, 0) is 9.53 Å². The molecule has 0 saturated carbocycles. The van der Waals surface area contributed by atoms with Crippen molar-refractivity contribution in [1.82, 2.24) is 0 Å². The number of benzene rings is 1. The number of esters is 1. The molecule has 94 valence electrons. The van der Waals surface area contributed by atoms with Gasteiger partial charge >= 0.3 is 5.97 Å². The van der Waals surface area contributed by atoms with Crippen molar-refractivity contribution in [1.29, 1.82) is 0 Å². The molecule has 0 amide bonds. The van der Waals surface area contributed by atoms with Crippen molar-refractivity contribution in [3.8, 4) is 0 Å². The van der Waals surface area contributed by atoms with Crippen molar-refractivity contribution in [2.45, 2.75) is 19.4 Å². The van der Waals surface area contributed by atoms with Crippen molar-refractivity contribution in [2.75, 3.05) is 25.1 Å². The summed E-state index contributed by atoms with van der Waals surface area (Å²) in [6.07, 6.45) is 0. The summed E-state index contributed by atoms with van der Waals surface area (Å²) in [5.74, 6) is -0.619. The normalized spacial score (nSPS) is 13.9. The van der Waals surface area contributed by atoms with Gasteiger partial charge in [-0.15, -0.1) is 0 Å². The van der Waals surface area contributed by atoms with E-state index in [0.717, 1.165) is 5.69 Å². The van der Waals surface area contributed by atoms with Gasteiger partial charge in [-0.3, -0.25) is 0 Å². The Morgan fingerprint density at radius 1 is 1.41 bits per heavy atom. The van der Waals surface area contributed by atoms with Crippen LogP contribution in [0.3, 0.4) is 0 Å². The first-order valence-corrected chi connectivity index (χ1v) is 5.62. The summed E-state index contributed by atoms with van der Waals surface area (Å²) in [5, 5.41) is 10.0. The predicted octanol–water partition coefficient (Wildman–Crippen LogP) is 1.44. The Hall–Kier alpha value is -1.55. The summed E-state index contributed by atoms with van der Waals surface area (Å²) < 4.78 is 4.58. The Kier molecular flexibility index (Phi) is 4.52. The van der Waals surface area contributed by atoms with Gasteiger partial charge in [0, 0.05) is 12.2 Å². The summed E-state index contributed by atoms with van der Waals surface area (Å²) in [7, 11) is 1.27. The highest BCUT2D eigenvalue weighted by Crippen LogP contribution is 2.17. The molecule has 1 rings (SSSR count). The molecule has 1 atom stereocenters. The zero-order chi connectivity index (χ0) is 12.9.